The number of benzene rings is 2. The number of hydrogen-bond donors (Lipinski definition) is 1. The van der Waals surface area contributed by atoms with E-state index in [4.69, 9.17) is 4.42 Å². The number of nitrogens with one attached hydrogen (secondary N) is 1. The maximum atomic E-state index is 13.1. The van der Waals surface area contributed by atoms with Gasteiger partial charge < -0.3 is 9.73 Å². The lowest BCUT2D eigenvalue weighted by Gasteiger charge is -2.12. The Balaban J connectivity index is 1.39. The minimum Gasteiger partial charge on any atom is -0.467 e. The molecule has 0 aliphatic carbocycles. The number of rotatable bonds is 6. The van der Waals surface area contributed by atoms with Gasteiger partial charge in [-0.15, -0.1) is 0 Å². The Morgan fingerprint density at radius 3 is 2.65 bits per heavy atom. The number of furan rings is 1. The van der Waals surface area contributed by atoms with Crippen molar-refractivity contribution in [1.29, 1.82) is 0 Å². The summed E-state index contributed by atoms with van der Waals surface area (Å²) in [5, 5.41) is 4.36. The van der Waals surface area contributed by atoms with Crippen LogP contribution in [-0.4, -0.2) is 26.2 Å². The molecule has 0 fully saturated rings. The Hall–Kier alpha value is -3.43. The van der Waals surface area contributed by atoms with Crippen molar-refractivity contribution >= 4 is 55.3 Å². The number of aromatic nitrogens is 3. The highest BCUT2D eigenvalue weighted by atomic mass is 32.2. The normalized spacial score (nSPS) is 11.2. The van der Waals surface area contributed by atoms with Crippen LogP contribution in [0.25, 0.3) is 21.1 Å². The Morgan fingerprint density at radius 1 is 1.03 bits per heavy atom. The summed E-state index contributed by atoms with van der Waals surface area (Å²) < 4.78 is 7.96. The van der Waals surface area contributed by atoms with Crippen LogP contribution in [-0.2, 0) is 11.3 Å². The Labute approximate surface area is 184 Å². The van der Waals surface area contributed by atoms with E-state index in [-0.39, 0.29) is 23.8 Å². The minimum atomic E-state index is -0.212. The fourth-order valence-corrected chi connectivity index (χ4v) is 4.85. The standard InChI is InChI=1S/C22H16N4O3S2/c27-19(25-21-23-17-9-3-4-10-18(17)31-21)13-30-22-24-16-8-2-1-7-15(16)20(28)26(22)12-14-6-5-11-29-14/h1-11H,12-13H2,(H,23,25,27). The number of nitrogens with zero attached hydrogens (tertiary/aromatic N) is 3. The van der Waals surface area contributed by atoms with Crippen LogP contribution in [0.4, 0.5) is 5.13 Å². The molecule has 3 heterocycles. The van der Waals surface area contributed by atoms with Crippen molar-refractivity contribution in [2.45, 2.75) is 11.7 Å². The summed E-state index contributed by atoms with van der Waals surface area (Å²) in [7, 11) is 0. The maximum absolute atomic E-state index is 13.1. The second kappa shape index (κ2) is 8.37. The summed E-state index contributed by atoms with van der Waals surface area (Å²) in [6.07, 6.45) is 1.56. The molecule has 1 N–H and O–H groups in total. The largest absolute Gasteiger partial charge is 0.467 e. The van der Waals surface area contributed by atoms with Crippen LogP contribution in [0.5, 0.6) is 0 Å². The molecule has 0 saturated carbocycles. The predicted octanol–water partition coefficient (Wildman–Crippen LogP) is 4.38. The van der Waals surface area contributed by atoms with Crippen LogP contribution in [0.3, 0.4) is 0 Å². The zero-order valence-corrected chi connectivity index (χ0v) is 17.8. The number of thiazole rings is 1. The zero-order valence-electron chi connectivity index (χ0n) is 16.1. The first-order valence-corrected chi connectivity index (χ1v) is 11.3. The van der Waals surface area contributed by atoms with Gasteiger partial charge in [-0.1, -0.05) is 47.4 Å². The number of carbonyl (C=O) groups is 1. The van der Waals surface area contributed by atoms with E-state index < -0.39 is 0 Å². The average Bonchev–Trinajstić information content (AvgIpc) is 3.43. The van der Waals surface area contributed by atoms with E-state index in [9.17, 15) is 9.59 Å². The van der Waals surface area contributed by atoms with Crippen molar-refractivity contribution in [1.82, 2.24) is 14.5 Å². The van der Waals surface area contributed by atoms with Crippen LogP contribution in [0.2, 0.25) is 0 Å². The second-order valence-electron chi connectivity index (χ2n) is 6.71. The molecule has 0 atom stereocenters. The molecule has 7 nitrogen and oxygen atoms in total. The second-order valence-corrected chi connectivity index (χ2v) is 8.68. The van der Waals surface area contributed by atoms with Crippen molar-refractivity contribution in [3.8, 4) is 0 Å². The number of thioether (sulfide) groups is 1. The molecule has 0 aliphatic rings. The molecule has 2 aromatic carbocycles. The van der Waals surface area contributed by atoms with E-state index in [1.54, 1.807) is 36.6 Å². The Bertz CT molecular complexity index is 1410. The van der Waals surface area contributed by atoms with E-state index in [2.05, 4.69) is 15.3 Å². The van der Waals surface area contributed by atoms with Crippen LogP contribution >= 0.6 is 23.1 Å². The third-order valence-corrected chi connectivity index (χ3v) is 6.52. The first kappa shape index (κ1) is 19.5. The van der Waals surface area contributed by atoms with Gasteiger partial charge in [0.1, 0.15) is 5.76 Å². The van der Waals surface area contributed by atoms with Crippen molar-refractivity contribution < 1.29 is 9.21 Å². The molecule has 0 radical (unpaired) electrons. The molecular weight excluding hydrogens is 432 g/mol. The van der Waals surface area contributed by atoms with Crippen molar-refractivity contribution in [2.75, 3.05) is 11.1 Å². The average molecular weight is 449 g/mol. The monoisotopic (exact) mass is 448 g/mol. The van der Waals surface area contributed by atoms with E-state index in [1.165, 1.54) is 27.7 Å². The van der Waals surface area contributed by atoms with E-state index >= 15 is 0 Å². The van der Waals surface area contributed by atoms with Gasteiger partial charge in [-0.05, 0) is 36.4 Å². The van der Waals surface area contributed by atoms with E-state index in [1.807, 2.05) is 30.3 Å². The molecule has 9 heteroatoms. The molecule has 5 rings (SSSR count). The molecule has 1 amide bonds. The number of amides is 1. The van der Waals surface area contributed by atoms with Gasteiger partial charge in [0.2, 0.25) is 5.91 Å². The molecule has 0 saturated heterocycles. The molecule has 31 heavy (non-hydrogen) atoms. The van der Waals surface area contributed by atoms with Gasteiger partial charge in [0, 0.05) is 0 Å². The molecule has 3 aromatic heterocycles. The molecule has 0 aliphatic heterocycles. The molecule has 0 bridgehead atoms. The summed E-state index contributed by atoms with van der Waals surface area (Å²) in [5.41, 5.74) is 1.27. The van der Waals surface area contributed by atoms with Gasteiger partial charge in [-0.25, -0.2) is 9.97 Å². The van der Waals surface area contributed by atoms with Crippen molar-refractivity contribution in [3.05, 3.63) is 83.0 Å². The smallest absolute Gasteiger partial charge is 0.262 e. The number of hydrogen-bond acceptors (Lipinski definition) is 7. The van der Waals surface area contributed by atoms with Crippen LogP contribution in [0.1, 0.15) is 5.76 Å². The van der Waals surface area contributed by atoms with Crippen molar-refractivity contribution in [3.63, 3.8) is 0 Å². The van der Waals surface area contributed by atoms with Crippen molar-refractivity contribution in [2.24, 2.45) is 0 Å². The highest BCUT2D eigenvalue weighted by Crippen LogP contribution is 2.26. The van der Waals surface area contributed by atoms with Gasteiger partial charge in [0.25, 0.3) is 5.56 Å². The summed E-state index contributed by atoms with van der Waals surface area (Å²) in [4.78, 5) is 34.7. The first-order chi connectivity index (χ1) is 15.2. The van der Waals surface area contributed by atoms with Crippen LogP contribution < -0.4 is 10.9 Å². The predicted molar refractivity (Wildman–Crippen MR) is 123 cm³/mol. The number of fused-ring (bicyclic) bond motifs is 2. The SMILES string of the molecule is O=C(CSc1nc2ccccc2c(=O)n1Cc1ccco1)Nc1nc2ccccc2s1. The summed E-state index contributed by atoms with van der Waals surface area (Å²) >= 11 is 2.63. The fourth-order valence-electron chi connectivity index (χ4n) is 3.17. The number of anilines is 1. The van der Waals surface area contributed by atoms with E-state index in [0.717, 1.165) is 10.2 Å². The van der Waals surface area contributed by atoms with Crippen LogP contribution in [0, 0.1) is 0 Å². The maximum Gasteiger partial charge on any atom is 0.262 e. The van der Waals surface area contributed by atoms with Gasteiger partial charge in [-0.3, -0.25) is 14.2 Å². The highest BCUT2D eigenvalue weighted by Gasteiger charge is 2.15. The molecular formula is C22H16N4O3S2. The van der Waals surface area contributed by atoms with Gasteiger partial charge in [-0.2, -0.15) is 0 Å². The zero-order chi connectivity index (χ0) is 21.2. The lowest BCUT2D eigenvalue weighted by molar-refractivity contribution is -0.113. The molecule has 0 unspecified atom stereocenters. The fraction of sp³-hybridized carbons (Fsp3) is 0.0909. The quantitative estimate of drug-likeness (QED) is 0.306. The third-order valence-electron chi connectivity index (χ3n) is 4.59. The van der Waals surface area contributed by atoms with E-state index in [0.29, 0.717) is 27.0 Å². The summed E-state index contributed by atoms with van der Waals surface area (Å²) in [6.45, 7) is 0.242. The Morgan fingerprint density at radius 2 is 1.84 bits per heavy atom. The molecule has 154 valence electrons. The minimum absolute atomic E-state index is 0.0961. The third kappa shape index (κ3) is 4.10. The summed E-state index contributed by atoms with van der Waals surface area (Å²) in [5.74, 6) is 0.523. The molecule has 0 spiro atoms. The van der Waals surface area contributed by atoms with Gasteiger partial charge in [0.05, 0.1) is 39.7 Å². The lowest BCUT2D eigenvalue weighted by atomic mass is 10.2. The van der Waals surface area contributed by atoms with Gasteiger partial charge in [0.15, 0.2) is 10.3 Å². The first-order valence-electron chi connectivity index (χ1n) is 9.47. The Kier molecular flexibility index (Phi) is 5.27. The summed E-state index contributed by atoms with van der Waals surface area (Å²) in [6, 6.07) is 18.5. The number of carbonyl (C=O) groups excluding carboxylic acids is 1. The topological polar surface area (TPSA) is 90.0 Å². The lowest BCUT2D eigenvalue weighted by Crippen LogP contribution is -2.24. The molecule has 5 aromatic rings. The highest BCUT2D eigenvalue weighted by molar-refractivity contribution is 7.99. The number of para-hydroxylation sites is 2. The van der Waals surface area contributed by atoms with Crippen LogP contribution in [0.15, 0.2) is 81.3 Å². The van der Waals surface area contributed by atoms with Gasteiger partial charge >= 0.3 is 0 Å².